The van der Waals surface area contributed by atoms with E-state index in [2.05, 4.69) is 20.5 Å². The number of benzene rings is 2. The Kier molecular flexibility index (Phi) is 3.64. The van der Waals surface area contributed by atoms with Gasteiger partial charge in [-0.1, -0.05) is 35.6 Å². The molecular formula is C19H15N5O2S. The molecule has 1 aliphatic heterocycles. The summed E-state index contributed by atoms with van der Waals surface area (Å²) in [6, 6.07) is 15.4. The van der Waals surface area contributed by atoms with E-state index >= 15 is 0 Å². The molecule has 8 heteroatoms. The van der Waals surface area contributed by atoms with Crippen molar-refractivity contribution in [2.45, 2.75) is 6.42 Å². The van der Waals surface area contributed by atoms with Crippen molar-refractivity contribution in [1.29, 1.82) is 0 Å². The van der Waals surface area contributed by atoms with Gasteiger partial charge in [0.1, 0.15) is 0 Å². The van der Waals surface area contributed by atoms with E-state index in [0.717, 1.165) is 21.1 Å². The lowest BCUT2D eigenvalue weighted by Crippen LogP contribution is -2.28. The fraction of sp³-hybridized carbons (Fsp3) is 0.158. The summed E-state index contributed by atoms with van der Waals surface area (Å²) in [5.41, 5.74) is 1.72. The zero-order chi connectivity index (χ0) is 18.4. The number of amides is 2. The van der Waals surface area contributed by atoms with Gasteiger partial charge in [0, 0.05) is 18.4 Å². The van der Waals surface area contributed by atoms with Crippen molar-refractivity contribution in [2.24, 2.45) is 5.92 Å². The van der Waals surface area contributed by atoms with Crippen LogP contribution in [0.15, 0.2) is 48.5 Å². The lowest BCUT2D eigenvalue weighted by Gasteiger charge is -2.13. The molecule has 1 saturated heterocycles. The fourth-order valence-electron chi connectivity index (χ4n) is 3.38. The second-order valence-electron chi connectivity index (χ2n) is 6.47. The monoisotopic (exact) mass is 377 g/mol. The summed E-state index contributed by atoms with van der Waals surface area (Å²) < 4.78 is 1.01. The third-order valence-corrected chi connectivity index (χ3v) is 5.68. The van der Waals surface area contributed by atoms with Crippen LogP contribution in [0.25, 0.3) is 21.1 Å². The Balaban J connectivity index is 1.35. The number of carbonyl (C=O) groups is 2. The van der Waals surface area contributed by atoms with Crippen molar-refractivity contribution in [3.63, 3.8) is 0 Å². The first kappa shape index (κ1) is 16.0. The highest BCUT2D eigenvalue weighted by Gasteiger charge is 2.37. The molecule has 27 heavy (non-hydrogen) atoms. The lowest BCUT2D eigenvalue weighted by atomic mass is 10.1. The van der Waals surface area contributed by atoms with Crippen molar-refractivity contribution in [2.75, 3.05) is 16.8 Å². The van der Waals surface area contributed by atoms with Gasteiger partial charge in [0.15, 0.2) is 10.9 Å². The number of anilines is 2. The second kappa shape index (κ2) is 6.17. The van der Waals surface area contributed by atoms with Gasteiger partial charge in [-0.25, -0.2) is 4.98 Å². The molecular weight excluding hydrogens is 362 g/mol. The maximum Gasteiger partial charge on any atom is 0.231 e. The molecule has 0 radical (unpaired) electrons. The summed E-state index contributed by atoms with van der Waals surface area (Å²) in [6.07, 6.45) is 0.165. The predicted molar refractivity (Wildman–Crippen MR) is 105 cm³/mol. The average Bonchev–Trinajstić information content (AvgIpc) is 3.37. The summed E-state index contributed by atoms with van der Waals surface area (Å²) >= 11 is 1.43. The average molecular weight is 377 g/mol. The Morgan fingerprint density at radius 3 is 2.89 bits per heavy atom. The zero-order valence-electron chi connectivity index (χ0n) is 14.2. The molecule has 1 atom stereocenters. The van der Waals surface area contributed by atoms with Crippen molar-refractivity contribution in [3.05, 3.63) is 48.5 Å². The van der Waals surface area contributed by atoms with Gasteiger partial charge in [-0.2, -0.15) is 5.10 Å². The number of aromatic amines is 1. The minimum absolute atomic E-state index is 0.100. The summed E-state index contributed by atoms with van der Waals surface area (Å²) in [7, 11) is 0. The van der Waals surface area contributed by atoms with E-state index in [1.165, 1.54) is 11.3 Å². The van der Waals surface area contributed by atoms with Crippen LogP contribution in [0, 0.1) is 5.92 Å². The van der Waals surface area contributed by atoms with Crippen LogP contribution in [0.1, 0.15) is 6.42 Å². The predicted octanol–water partition coefficient (Wildman–Crippen LogP) is 3.16. The highest BCUT2D eigenvalue weighted by atomic mass is 32.1. The Morgan fingerprint density at radius 1 is 1.19 bits per heavy atom. The van der Waals surface area contributed by atoms with Gasteiger partial charge in [0.25, 0.3) is 0 Å². The highest BCUT2D eigenvalue weighted by molar-refractivity contribution is 7.22. The summed E-state index contributed by atoms with van der Waals surface area (Å²) in [5, 5.41) is 11.5. The maximum absolute atomic E-state index is 12.7. The van der Waals surface area contributed by atoms with Gasteiger partial charge in [0.05, 0.1) is 21.7 Å². The molecule has 7 nitrogen and oxygen atoms in total. The van der Waals surface area contributed by atoms with Crippen LogP contribution < -0.4 is 10.2 Å². The molecule has 0 unspecified atom stereocenters. The number of para-hydroxylation sites is 2. The molecule has 2 amide bonds. The number of hydrogen-bond donors (Lipinski definition) is 2. The first-order valence-electron chi connectivity index (χ1n) is 8.59. The molecule has 0 aliphatic carbocycles. The van der Waals surface area contributed by atoms with Crippen LogP contribution in [-0.2, 0) is 9.59 Å². The van der Waals surface area contributed by atoms with Crippen LogP contribution in [0.4, 0.5) is 10.9 Å². The molecule has 2 aromatic carbocycles. The SMILES string of the molecule is O=C(Nc1nc2ccccc2s1)[C@H]1CC(=O)N(c2n[nH]c3ccccc23)C1. The minimum Gasteiger partial charge on any atom is -0.302 e. The Bertz CT molecular complexity index is 1150. The quantitative estimate of drug-likeness (QED) is 0.574. The van der Waals surface area contributed by atoms with Gasteiger partial charge in [-0.05, 0) is 24.3 Å². The summed E-state index contributed by atoms with van der Waals surface area (Å²) in [6.45, 7) is 0.310. The number of aromatic nitrogens is 3. The van der Waals surface area contributed by atoms with E-state index in [9.17, 15) is 9.59 Å². The standard InChI is InChI=1S/C19H15N5O2S/c25-16-9-11(10-24(16)17-12-5-1-2-6-13(12)22-23-17)18(26)21-19-20-14-7-3-4-8-15(14)27-19/h1-8,11H,9-10H2,(H,22,23)(H,20,21,26)/t11-/m0/s1. The Morgan fingerprint density at radius 2 is 2.00 bits per heavy atom. The molecule has 1 fully saturated rings. The molecule has 4 aromatic rings. The second-order valence-corrected chi connectivity index (χ2v) is 7.50. The minimum atomic E-state index is -0.431. The smallest absolute Gasteiger partial charge is 0.231 e. The third kappa shape index (κ3) is 2.74. The van der Waals surface area contributed by atoms with Crippen molar-refractivity contribution >= 4 is 55.2 Å². The molecule has 3 heterocycles. The van der Waals surface area contributed by atoms with E-state index < -0.39 is 5.92 Å². The van der Waals surface area contributed by atoms with Crippen LogP contribution in [0.5, 0.6) is 0 Å². The normalized spacial score (nSPS) is 17.1. The molecule has 5 rings (SSSR count). The van der Waals surface area contributed by atoms with Gasteiger partial charge < -0.3 is 5.32 Å². The van der Waals surface area contributed by atoms with Crippen molar-refractivity contribution in [3.8, 4) is 0 Å². The number of thiazole rings is 1. The van der Waals surface area contributed by atoms with E-state index in [0.29, 0.717) is 17.5 Å². The highest BCUT2D eigenvalue weighted by Crippen LogP contribution is 2.31. The largest absolute Gasteiger partial charge is 0.302 e. The van der Waals surface area contributed by atoms with Crippen LogP contribution in [-0.4, -0.2) is 33.5 Å². The number of hydrogen-bond acceptors (Lipinski definition) is 5. The first-order chi connectivity index (χ1) is 13.2. The molecule has 1 aliphatic rings. The van der Waals surface area contributed by atoms with E-state index in [4.69, 9.17) is 0 Å². The lowest BCUT2D eigenvalue weighted by molar-refractivity contribution is -0.122. The molecule has 0 saturated carbocycles. The van der Waals surface area contributed by atoms with E-state index in [1.54, 1.807) is 4.90 Å². The van der Waals surface area contributed by atoms with Gasteiger partial charge in [-0.15, -0.1) is 0 Å². The van der Waals surface area contributed by atoms with E-state index in [1.807, 2.05) is 48.5 Å². The zero-order valence-corrected chi connectivity index (χ0v) is 15.0. The number of nitrogens with zero attached hydrogens (tertiary/aromatic N) is 3. The topological polar surface area (TPSA) is 91.0 Å². The Hall–Kier alpha value is -3.26. The first-order valence-corrected chi connectivity index (χ1v) is 9.40. The fourth-order valence-corrected chi connectivity index (χ4v) is 4.24. The van der Waals surface area contributed by atoms with Crippen molar-refractivity contribution < 1.29 is 9.59 Å². The molecule has 0 bridgehead atoms. The number of fused-ring (bicyclic) bond motifs is 2. The van der Waals surface area contributed by atoms with Gasteiger partial charge in [0.2, 0.25) is 11.8 Å². The summed E-state index contributed by atoms with van der Waals surface area (Å²) in [4.78, 5) is 31.2. The number of carbonyl (C=O) groups excluding carboxylic acids is 2. The Labute approximate surface area is 158 Å². The van der Waals surface area contributed by atoms with Gasteiger partial charge in [-0.3, -0.25) is 19.6 Å². The number of rotatable bonds is 3. The number of nitrogens with one attached hydrogen (secondary N) is 2. The molecule has 2 N–H and O–H groups in total. The maximum atomic E-state index is 12.7. The van der Waals surface area contributed by atoms with Crippen molar-refractivity contribution in [1.82, 2.24) is 15.2 Å². The molecule has 134 valence electrons. The van der Waals surface area contributed by atoms with Crippen LogP contribution in [0.2, 0.25) is 0 Å². The van der Waals surface area contributed by atoms with E-state index in [-0.39, 0.29) is 18.2 Å². The third-order valence-electron chi connectivity index (χ3n) is 4.73. The number of H-pyrrole nitrogens is 1. The summed E-state index contributed by atoms with van der Waals surface area (Å²) in [5.74, 6) is -0.146. The molecule has 2 aromatic heterocycles. The van der Waals surface area contributed by atoms with Crippen LogP contribution in [0.3, 0.4) is 0 Å². The van der Waals surface area contributed by atoms with Gasteiger partial charge >= 0.3 is 0 Å². The van der Waals surface area contributed by atoms with Crippen LogP contribution >= 0.6 is 11.3 Å². The molecule has 0 spiro atoms.